The van der Waals surface area contributed by atoms with Gasteiger partial charge in [0.15, 0.2) is 0 Å². The molecule has 3 rings (SSSR count). The summed E-state index contributed by atoms with van der Waals surface area (Å²) in [5.74, 6) is 1.08. The van der Waals surface area contributed by atoms with Gasteiger partial charge < -0.3 is 4.90 Å². The smallest absolute Gasteiger partial charge is 0.245 e. The highest BCUT2D eigenvalue weighted by atomic mass is 16.2. The van der Waals surface area contributed by atoms with Gasteiger partial charge in [-0.05, 0) is 30.7 Å². The topological polar surface area (TPSA) is 32.3 Å². The second kappa shape index (κ2) is 5.96. The van der Waals surface area contributed by atoms with Gasteiger partial charge in [-0.25, -0.2) is 0 Å². The van der Waals surface area contributed by atoms with E-state index in [0.29, 0.717) is 12.7 Å². The zero-order chi connectivity index (χ0) is 13.9. The van der Waals surface area contributed by atoms with E-state index in [0.717, 1.165) is 17.9 Å². The minimum absolute atomic E-state index is 0.142. The predicted octanol–water partition coefficient (Wildman–Crippen LogP) is 3.09. The fourth-order valence-electron chi connectivity index (χ4n) is 3.51. The average molecular weight is 272 g/mol. The quantitative estimate of drug-likeness (QED) is 0.839. The zero-order valence-corrected chi connectivity index (χ0v) is 12.2. The third kappa shape index (κ3) is 2.73. The molecule has 1 saturated heterocycles. The molecule has 1 N–H and O–H groups in total. The van der Waals surface area contributed by atoms with Gasteiger partial charge in [-0.1, -0.05) is 50.1 Å². The van der Waals surface area contributed by atoms with Crippen molar-refractivity contribution in [2.75, 3.05) is 6.67 Å². The second-order valence-electron chi connectivity index (χ2n) is 6.28. The number of nitrogens with zero attached hydrogens (tertiary/aromatic N) is 1. The first-order chi connectivity index (χ1) is 9.75. The van der Waals surface area contributed by atoms with Crippen molar-refractivity contribution in [2.45, 2.75) is 51.1 Å². The van der Waals surface area contributed by atoms with Gasteiger partial charge in [0.05, 0.1) is 6.67 Å². The minimum Gasteiger partial charge on any atom is -0.325 e. The molecule has 20 heavy (non-hydrogen) atoms. The van der Waals surface area contributed by atoms with Gasteiger partial charge in [0.2, 0.25) is 5.91 Å². The number of hydrogen-bond acceptors (Lipinski definition) is 2. The summed E-state index contributed by atoms with van der Waals surface area (Å²) in [4.78, 5) is 14.7. The van der Waals surface area contributed by atoms with Crippen LogP contribution in [-0.4, -0.2) is 23.5 Å². The molecule has 3 heteroatoms. The highest BCUT2D eigenvalue weighted by molar-refractivity contribution is 5.85. The summed E-state index contributed by atoms with van der Waals surface area (Å²) in [5.41, 5.74) is 1.09. The highest BCUT2D eigenvalue weighted by Crippen LogP contribution is 2.29. The van der Waals surface area contributed by atoms with Crippen molar-refractivity contribution in [1.82, 2.24) is 10.2 Å². The van der Waals surface area contributed by atoms with Gasteiger partial charge in [0.25, 0.3) is 0 Å². The van der Waals surface area contributed by atoms with Crippen molar-refractivity contribution >= 4 is 5.91 Å². The van der Waals surface area contributed by atoms with Gasteiger partial charge in [0, 0.05) is 6.04 Å². The largest absolute Gasteiger partial charge is 0.325 e. The van der Waals surface area contributed by atoms with Gasteiger partial charge >= 0.3 is 0 Å². The first-order valence-electron chi connectivity index (χ1n) is 7.84. The molecule has 2 fully saturated rings. The van der Waals surface area contributed by atoms with E-state index in [9.17, 15) is 4.79 Å². The van der Waals surface area contributed by atoms with E-state index in [1.54, 1.807) is 0 Å². The molecule has 1 heterocycles. The Balaban J connectivity index is 1.69. The van der Waals surface area contributed by atoms with Crippen LogP contribution in [0.2, 0.25) is 0 Å². The van der Waals surface area contributed by atoms with E-state index in [-0.39, 0.29) is 11.9 Å². The van der Waals surface area contributed by atoms with Crippen LogP contribution in [0.1, 0.15) is 50.6 Å². The molecule has 0 aromatic heterocycles. The van der Waals surface area contributed by atoms with Crippen LogP contribution in [0, 0.1) is 5.92 Å². The number of nitrogens with one attached hydrogen (secondary N) is 1. The van der Waals surface area contributed by atoms with Crippen molar-refractivity contribution in [2.24, 2.45) is 5.92 Å². The molecule has 1 saturated carbocycles. The summed E-state index contributed by atoms with van der Waals surface area (Å²) in [6, 6.07) is 10.4. The summed E-state index contributed by atoms with van der Waals surface area (Å²) in [5, 5.41) is 3.38. The SMILES string of the molecule is CC1CCCC(N2CNC(c3ccccc3)C2=O)CC1. The molecule has 1 aromatic rings. The molecule has 108 valence electrons. The Bertz CT molecular complexity index is 459. The van der Waals surface area contributed by atoms with Crippen LogP contribution in [0.3, 0.4) is 0 Å². The number of benzene rings is 1. The summed E-state index contributed by atoms with van der Waals surface area (Å²) in [6.07, 6.45) is 6.15. The first kappa shape index (κ1) is 13.6. The molecule has 1 aliphatic carbocycles. The third-order valence-corrected chi connectivity index (χ3v) is 4.80. The Morgan fingerprint density at radius 3 is 2.70 bits per heavy atom. The number of carbonyl (C=O) groups is 1. The number of amides is 1. The van der Waals surface area contributed by atoms with Gasteiger partial charge in [-0.15, -0.1) is 0 Å². The average Bonchev–Trinajstić information content (AvgIpc) is 2.72. The van der Waals surface area contributed by atoms with Crippen molar-refractivity contribution < 1.29 is 4.79 Å². The molecule has 1 aromatic carbocycles. The molecule has 0 bridgehead atoms. The molecule has 0 radical (unpaired) electrons. The Labute approximate surface area is 121 Å². The Hall–Kier alpha value is -1.35. The normalized spacial score (nSPS) is 31.4. The lowest BCUT2D eigenvalue weighted by Crippen LogP contribution is -2.37. The van der Waals surface area contributed by atoms with Gasteiger partial charge in [0.1, 0.15) is 6.04 Å². The van der Waals surface area contributed by atoms with Crippen molar-refractivity contribution in [3.05, 3.63) is 35.9 Å². The van der Waals surface area contributed by atoms with Crippen molar-refractivity contribution in [3.8, 4) is 0 Å². The second-order valence-corrected chi connectivity index (χ2v) is 6.28. The predicted molar refractivity (Wildman–Crippen MR) is 80.1 cm³/mol. The van der Waals surface area contributed by atoms with Crippen LogP contribution in [0.4, 0.5) is 0 Å². The van der Waals surface area contributed by atoms with E-state index < -0.39 is 0 Å². The fourth-order valence-corrected chi connectivity index (χ4v) is 3.51. The Morgan fingerprint density at radius 1 is 1.10 bits per heavy atom. The molecule has 0 spiro atoms. The van der Waals surface area contributed by atoms with Crippen LogP contribution in [0.5, 0.6) is 0 Å². The maximum absolute atomic E-state index is 12.7. The standard InChI is InChI=1S/C17H24N2O/c1-13-6-5-9-15(11-10-13)19-12-18-16(17(19)20)14-7-3-2-4-8-14/h2-4,7-8,13,15-16,18H,5-6,9-12H2,1H3. The highest BCUT2D eigenvalue weighted by Gasteiger charge is 2.36. The fraction of sp³-hybridized carbons (Fsp3) is 0.588. The van der Waals surface area contributed by atoms with E-state index in [2.05, 4.69) is 17.1 Å². The number of hydrogen-bond donors (Lipinski definition) is 1. The van der Waals surface area contributed by atoms with E-state index in [1.807, 2.05) is 30.3 Å². The molecule has 1 amide bonds. The molecular formula is C17H24N2O. The monoisotopic (exact) mass is 272 g/mol. The molecule has 2 aliphatic rings. The molecule has 3 atom stereocenters. The van der Waals surface area contributed by atoms with Crippen molar-refractivity contribution in [1.29, 1.82) is 0 Å². The summed E-state index contributed by atoms with van der Waals surface area (Å²) in [6.45, 7) is 3.04. The summed E-state index contributed by atoms with van der Waals surface area (Å²) >= 11 is 0. The van der Waals surface area contributed by atoms with Crippen LogP contribution < -0.4 is 5.32 Å². The Morgan fingerprint density at radius 2 is 1.90 bits per heavy atom. The Kier molecular flexibility index (Phi) is 4.06. The number of carbonyl (C=O) groups excluding carboxylic acids is 1. The van der Waals surface area contributed by atoms with Gasteiger partial charge in [-0.3, -0.25) is 10.1 Å². The molecule has 1 aliphatic heterocycles. The molecule has 3 unspecified atom stereocenters. The number of rotatable bonds is 2. The van der Waals surface area contributed by atoms with E-state index in [4.69, 9.17) is 0 Å². The minimum atomic E-state index is -0.142. The molecule has 3 nitrogen and oxygen atoms in total. The van der Waals surface area contributed by atoms with Crippen LogP contribution in [-0.2, 0) is 4.79 Å². The third-order valence-electron chi connectivity index (χ3n) is 4.80. The lowest BCUT2D eigenvalue weighted by Gasteiger charge is -2.26. The zero-order valence-electron chi connectivity index (χ0n) is 12.2. The maximum Gasteiger partial charge on any atom is 0.245 e. The van der Waals surface area contributed by atoms with Gasteiger partial charge in [-0.2, -0.15) is 0 Å². The van der Waals surface area contributed by atoms with Crippen LogP contribution in [0.25, 0.3) is 0 Å². The van der Waals surface area contributed by atoms with Crippen LogP contribution >= 0.6 is 0 Å². The van der Waals surface area contributed by atoms with Crippen molar-refractivity contribution in [3.63, 3.8) is 0 Å². The van der Waals surface area contributed by atoms with Crippen LogP contribution in [0.15, 0.2) is 30.3 Å². The lowest BCUT2D eigenvalue weighted by atomic mass is 10.0. The first-order valence-corrected chi connectivity index (χ1v) is 7.84. The molecular weight excluding hydrogens is 248 g/mol. The van der Waals surface area contributed by atoms with E-state index in [1.165, 1.54) is 25.7 Å². The van der Waals surface area contributed by atoms with E-state index >= 15 is 0 Å². The lowest BCUT2D eigenvalue weighted by molar-refractivity contribution is -0.131. The summed E-state index contributed by atoms with van der Waals surface area (Å²) in [7, 11) is 0. The maximum atomic E-state index is 12.7. The summed E-state index contributed by atoms with van der Waals surface area (Å²) < 4.78 is 0.